The second-order valence-electron chi connectivity index (χ2n) is 10.1. The zero-order valence-corrected chi connectivity index (χ0v) is 21.5. The van der Waals surface area contributed by atoms with E-state index in [0.717, 1.165) is 65.8 Å². The topological polar surface area (TPSA) is 0 Å². The van der Waals surface area contributed by atoms with E-state index in [1.54, 1.807) is 6.07 Å². The van der Waals surface area contributed by atoms with Crippen LogP contribution in [0.4, 0.5) is 8.78 Å². The molecule has 1 aliphatic carbocycles. The monoisotopic (exact) mass is 472 g/mol. The summed E-state index contributed by atoms with van der Waals surface area (Å²) in [5.41, 5.74) is 6.91. The van der Waals surface area contributed by atoms with Crippen LogP contribution >= 0.6 is 0 Å². The Bertz CT molecular complexity index is 1170. The van der Waals surface area contributed by atoms with Crippen LogP contribution in [0.3, 0.4) is 0 Å². The fourth-order valence-corrected chi connectivity index (χ4v) is 5.38. The largest absolute Gasteiger partial charge is 0.206 e. The molecule has 0 N–H and O–H groups in total. The lowest BCUT2D eigenvalue weighted by Gasteiger charge is -2.22. The first kappa shape index (κ1) is 25.4. The molecule has 1 unspecified atom stereocenters. The molecule has 0 aliphatic heterocycles. The zero-order valence-electron chi connectivity index (χ0n) is 21.5. The van der Waals surface area contributed by atoms with Crippen LogP contribution in [0.2, 0.25) is 0 Å². The SMILES string of the molecule is CCCCCc1ccc(-c2ccc(-c3ccc(C4=CCC(CCC)CC4)cc3F)cc2)c(F)c1C. The van der Waals surface area contributed by atoms with Gasteiger partial charge in [0.15, 0.2) is 0 Å². The van der Waals surface area contributed by atoms with Gasteiger partial charge in [-0.25, -0.2) is 8.78 Å². The van der Waals surface area contributed by atoms with Crippen molar-refractivity contribution in [3.8, 4) is 22.3 Å². The molecule has 1 atom stereocenters. The van der Waals surface area contributed by atoms with Crippen LogP contribution < -0.4 is 0 Å². The zero-order chi connectivity index (χ0) is 24.8. The first-order chi connectivity index (χ1) is 17.0. The van der Waals surface area contributed by atoms with E-state index >= 15 is 8.78 Å². The van der Waals surface area contributed by atoms with Gasteiger partial charge >= 0.3 is 0 Å². The summed E-state index contributed by atoms with van der Waals surface area (Å²) in [7, 11) is 0. The molecule has 0 spiro atoms. The Balaban J connectivity index is 1.51. The molecule has 0 bridgehead atoms. The Morgan fingerprint density at radius 1 is 0.800 bits per heavy atom. The van der Waals surface area contributed by atoms with E-state index in [1.807, 2.05) is 49.4 Å². The van der Waals surface area contributed by atoms with Gasteiger partial charge in [-0.15, -0.1) is 0 Å². The van der Waals surface area contributed by atoms with E-state index < -0.39 is 0 Å². The predicted molar refractivity (Wildman–Crippen MR) is 145 cm³/mol. The lowest BCUT2D eigenvalue weighted by atomic mass is 9.84. The molecule has 0 fully saturated rings. The van der Waals surface area contributed by atoms with Crippen LogP contribution in [0.25, 0.3) is 27.8 Å². The molecule has 0 saturated heterocycles. The van der Waals surface area contributed by atoms with Crippen molar-refractivity contribution in [2.75, 3.05) is 0 Å². The predicted octanol–water partition coefficient (Wildman–Crippen LogP) is 10.3. The minimum Gasteiger partial charge on any atom is -0.206 e. The van der Waals surface area contributed by atoms with Crippen molar-refractivity contribution in [1.82, 2.24) is 0 Å². The summed E-state index contributed by atoms with van der Waals surface area (Å²) in [5.74, 6) is 0.423. The molecule has 2 heteroatoms. The molecular formula is C33H38F2. The Labute approximate surface area is 210 Å². The van der Waals surface area contributed by atoms with Gasteiger partial charge < -0.3 is 0 Å². The Kier molecular flexibility index (Phi) is 8.55. The number of halogens is 2. The minimum atomic E-state index is -0.203. The molecule has 0 heterocycles. The fourth-order valence-electron chi connectivity index (χ4n) is 5.38. The smallest absolute Gasteiger partial charge is 0.134 e. The number of benzene rings is 3. The number of hydrogen-bond donors (Lipinski definition) is 0. The highest BCUT2D eigenvalue weighted by atomic mass is 19.1. The van der Waals surface area contributed by atoms with Crippen molar-refractivity contribution >= 4 is 5.57 Å². The molecule has 0 radical (unpaired) electrons. The third kappa shape index (κ3) is 5.92. The molecule has 0 nitrogen and oxygen atoms in total. The van der Waals surface area contributed by atoms with Crippen molar-refractivity contribution in [2.45, 2.75) is 78.6 Å². The molecule has 3 aromatic carbocycles. The fraction of sp³-hybridized carbons (Fsp3) is 0.394. The van der Waals surface area contributed by atoms with Gasteiger partial charge in [-0.1, -0.05) is 94.1 Å². The lowest BCUT2D eigenvalue weighted by Crippen LogP contribution is -2.05. The first-order valence-electron chi connectivity index (χ1n) is 13.4. The van der Waals surface area contributed by atoms with Gasteiger partial charge in [-0.2, -0.15) is 0 Å². The Morgan fingerprint density at radius 3 is 2.11 bits per heavy atom. The molecule has 0 amide bonds. The molecule has 3 aromatic rings. The van der Waals surface area contributed by atoms with Gasteiger partial charge in [0, 0.05) is 11.1 Å². The third-order valence-electron chi connectivity index (χ3n) is 7.61. The maximum atomic E-state index is 15.2. The maximum Gasteiger partial charge on any atom is 0.134 e. The standard InChI is InChI=1S/C33H38F2/c1-4-6-7-9-25-18-21-31(33(35)23(25)3)28-16-14-27(15-17-28)30-20-19-29(22-32(30)34)26-12-10-24(8-5-2)11-13-26/h12,14-22,24H,4-11,13H2,1-3H3. The summed E-state index contributed by atoms with van der Waals surface area (Å²) in [6, 6.07) is 17.1. The number of unbranched alkanes of at least 4 members (excludes halogenated alkanes) is 2. The highest BCUT2D eigenvalue weighted by Gasteiger charge is 2.17. The van der Waals surface area contributed by atoms with Crippen LogP contribution in [0.1, 0.15) is 81.9 Å². The Morgan fingerprint density at radius 2 is 1.49 bits per heavy atom. The van der Waals surface area contributed by atoms with Crippen molar-refractivity contribution < 1.29 is 8.78 Å². The number of aryl methyl sites for hydroxylation is 1. The highest BCUT2D eigenvalue weighted by molar-refractivity contribution is 5.74. The van der Waals surface area contributed by atoms with Crippen LogP contribution in [0.15, 0.2) is 60.7 Å². The molecule has 184 valence electrons. The highest BCUT2D eigenvalue weighted by Crippen LogP contribution is 2.35. The maximum absolute atomic E-state index is 15.2. The van der Waals surface area contributed by atoms with E-state index in [9.17, 15) is 0 Å². The second-order valence-corrected chi connectivity index (χ2v) is 10.1. The van der Waals surface area contributed by atoms with Gasteiger partial charge in [0.2, 0.25) is 0 Å². The molecular weight excluding hydrogens is 434 g/mol. The molecule has 4 rings (SSSR count). The average Bonchev–Trinajstić information content (AvgIpc) is 2.88. The van der Waals surface area contributed by atoms with E-state index in [-0.39, 0.29) is 11.6 Å². The molecule has 0 aromatic heterocycles. The summed E-state index contributed by atoms with van der Waals surface area (Å²) < 4.78 is 30.3. The van der Waals surface area contributed by atoms with Crippen molar-refractivity contribution in [3.63, 3.8) is 0 Å². The summed E-state index contributed by atoms with van der Waals surface area (Å²) in [4.78, 5) is 0. The lowest BCUT2D eigenvalue weighted by molar-refractivity contribution is 0.445. The van der Waals surface area contributed by atoms with E-state index in [4.69, 9.17) is 0 Å². The number of hydrogen-bond acceptors (Lipinski definition) is 0. The quantitative estimate of drug-likeness (QED) is 0.272. The Hall–Kier alpha value is -2.74. The van der Waals surface area contributed by atoms with Gasteiger partial charge in [0.25, 0.3) is 0 Å². The van der Waals surface area contributed by atoms with Crippen LogP contribution in [0, 0.1) is 24.5 Å². The van der Waals surface area contributed by atoms with E-state index in [2.05, 4.69) is 26.0 Å². The van der Waals surface area contributed by atoms with Gasteiger partial charge in [0.05, 0.1) is 0 Å². The molecule has 0 saturated carbocycles. The van der Waals surface area contributed by atoms with E-state index in [0.29, 0.717) is 11.1 Å². The van der Waals surface area contributed by atoms with Gasteiger partial charge in [0.1, 0.15) is 11.6 Å². The van der Waals surface area contributed by atoms with Crippen molar-refractivity contribution in [2.24, 2.45) is 5.92 Å². The van der Waals surface area contributed by atoms with E-state index in [1.165, 1.54) is 31.3 Å². The summed E-state index contributed by atoms with van der Waals surface area (Å²) >= 11 is 0. The van der Waals surface area contributed by atoms with Crippen LogP contribution in [-0.2, 0) is 6.42 Å². The van der Waals surface area contributed by atoms with Crippen molar-refractivity contribution in [1.29, 1.82) is 0 Å². The number of allylic oxidation sites excluding steroid dienone is 2. The molecule has 35 heavy (non-hydrogen) atoms. The first-order valence-corrected chi connectivity index (χ1v) is 13.4. The number of rotatable bonds is 9. The normalized spacial score (nSPS) is 15.8. The van der Waals surface area contributed by atoms with Crippen LogP contribution in [-0.4, -0.2) is 0 Å². The summed E-state index contributed by atoms with van der Waals surface area (Å²) in [5, 5.41) is 0. The van der Waals surface area contributed by atoms with Crippen molar-refractivity contribution in [3.05, 3.63) is 89.0 Å². The van der Waals surface area contributed by atoms with Gasteiger partial charge in [-0.3, -0.25) is 0 Å². The third-order valence-corrected chi connectivity index (χ3v) is 7.61. The van der Waals surface area contributed by atoms with Crippen LogP contribution in [0.5, 0.6) is 0 Å². The molecule has 1 aliphatic rings. The minimum absolute atomic E-state index is 0.149. The summed E-state index contributed by atoms with van der Waals surface area (Å²) in [6.45, 7) is 6.29. The second kappa shape index (κ2) is 11.8. The average molecular weight is 473 g/mol. The summed E-state index contributed by atoms with van der Waals surface area (Å²) in [6.07, 6.45) is 12.5. The van der Waals surface area contributed by atoms with Gasteiger partial charge in [-0.05, 0) is 84.4 Å².